The van der Waals surface area contributed by atoms with Crippen LogP contribution in [-0.2, 0) is 6.18 Å². The summed E-state index contributed by atoms with van der Waals surface area (Å²) in [6.07, 6.45) is -4.59. The summed E-state index contributed by atoms with van der Waals surface area (Å²) in [7, 11) is 3.27. The van der Waals surface area contributed by atoms with Gasteiger partial charge in [0.2, 0.25) is 0 Å². The number of halogens is 3. The molecule has 1 heterocycles. The average molecular weight is 327 g/mol. The lowest BCUT2D eigenvalue weighted by Crippen LogP contribution is -2.19. The monoisotopic (exact) mass is 327 g/mol. The van der Waals surface area contributed by atoms with Crippen molar-refractivity contribution in [3.8, 4) is 0 Å². The maximum absolute atomic E-state index is 13.2. The molecule has 0 aliphatic carbocycles. The van der Waals surface area contributed by atoms with Crippen molar-refractivity contribution in [1.82, 2.24) is 5.16 Å². The van der Waals surface area contributed by atoms with Gasteiger partial charge in [0, 0.05) is 19.8 Å². The van der Waals surface area contributed by atoms with E-state index in [0.717, 1.165) is 6.07 Å². The molecule has 124 valence electrons. The molecule has 0 aliphatic rings. The molecule has 0 bridgehead atoms. The van der Waals surface area contributed by atoms with E-state index < -0.39 is 17.6 Å². The number of nitrogens with one attached hydrogen (secondary N) is 1. The van der Waals surface area contributed by atoms with Crippen LogP contribution in [0.15, 0.2) is 22.7 Å². The van der Waals surface area contributed by atoms with Gasteiger partial charge in [0.15, 0.2) is 0 Å². The van der Waals surface area contributed by atoms with Gasteiger partial charge in [-0.3, -0.25) is 4.79 Å². The summed E-state index contributed by atoms with van der Waals surface area (Å²) in [5.41, 5.74) is -0.391. The van der Waals surface area contributed by atoms with Crippen molar-refractivity contribution >= 4 is 17.3 Å². The Bertz CT molecular complexity index is 717. The lowest BCUT2D eigenvalue weighted by atomic mass is 10.1. The van der Waals surface area contributed by atoms with Gasteiger partial charge in [0.1, 0.15) is 11.3 Å². The van der Waals surface area contributed by atoms with Gasteiger partial charge in [-0.15, -0.1) is 0 Å². The van der Waals surface area contributed by atoms with Crippen molar-refractivity contribution in [2.75, 3.05) is 24.3 Å². The van der Waals surface area contributed by atoms with Gasteiger partial charge >= 0.3 is 6.18 Å². The Hall–Kier alpha value is -2.51. The van der Waals surface area contributed by atoms with Crippen molar-refractivity contribution in [2.24, 2.45) is 0 Å². The van der Waals surface area contributed by atoms with Crippen LogP contribution in [-0.4, -0.2) is 25.2 Å². The molecule has 0 unspecified atom stereocenters. The highest BCUT2D eigenvalue weighted by atomic mass is 19.4. The first-order chi connectivity index (χ1) is 10.6. The summed E-state index contributed by atoms with van der Waals surface area (Å²) in [6, 6.07) is 3.72. The van der Waals surface area contributed by atoms with Crippen LogP contribution in [0.25, 0.3) is 0 Å². The smallest absolute Gasteiger partial charge is 0.378 e. The summed E-state index contributed by atoms with van der Waals surface area (Å²) >= 11 is 0. The van der Waals surface area contributed by atoms with E-state index in [4.69, 9.17) is 4.52 Å². The van der Waals surface area contributed by atoms with E-state index in [2.05, 4.69) is 10.5 Å². The van der Waals surface area contributed by atoms with E-state index in [1.165, 1.54) is 19.1 Å². The van der Waals surface area contributed by atoms with Gasteiger partial charge < -0.3 is 14.7 Å². The van der Waals surface area contributed by atoms with Crippen LogP contribution in [0, 0.1) is 13.8 Å². The van der Waals surface area contributed by atoms with Gasteiger partial charge in [-0.05, 0) is 32.0 Å². The van der Waals surface area contributed by atoms with Gasteiger partial charge in [0.05, 0.1) is 16.9 Å². The SMILES string of the molecule is Cc1noc(C)c1C(=O)Nc1ccc(N(C)C)cc1C(F)(F)F. The third-order valence-corrected chi connectivity index (χ3v) is 3.33. The molecule has 1 N–H and O–H groups in total. The molecule has 0 atom stereocenters. The number of carbonyl (C=O) groups is 1. The molecule has 0 saturated carbocycles. The highest BCUT2D eigenvalue weighted by Crippen LogP contribution is 2.37. The van der Waals surface area contributed by atoms with Crippen molar-refractivity contribution in [2.45, 2.75) is 20.0 Å². The van der Waals surface area contributed by atoms with Crippen molar-refractivity contribution < 1.29 is 22.5 Å². The number of aryl methyl sites for hydroxylation is 2. The summed E-state index contributed by atoms with van der Waals surface area (Å²) in [5.74, 6) is -0.442. The molecular weight excluding hydrogens is 311 g/mol. The van der Waals surface area contributed by atoms with E-state index in [9.17, 15) is 18.0 Å². The number of hydrogen-bond donors (Lipinski definition) is 1. The van der Waals surface area contributed by atoms with Crippen LogP contribution in [0.2, 0.25) is 0 Å². The third kappa shape index (κ3) is 3.46. The first kappa shape index (κ1) is 16.9. The number of aromatic nitrogens is 1. The number of carbonyl (C=O) groups excluding carboxylic acids is 1. The van der Waals surface area contributed by atoms with Crippen LogP contribution in [0.3, 0.4) is 0 Å². The standard InChI is InChI=1S/C15H16F3N3O2/c1-8-13(9(2)23-20-8)14(22)19-12-6-5-10(21(3)4)7-11(12)15(16,17)18/h5-7H,1-4H3,(H,19,22). The van der Waals surface area contributed by atoms with Gasteiger partial charge in [0.25, 0.3) is 5.91 Å². The van der Waals surface area contributed by atoms with Crippen LogP contribution in [0.4, 0.5) is 24.5 Å². The quantitative estimate of drug-likeness (QED) is 0.935. The molecular formula is C15H16F3N3O2. The zero-order valence-corrected chi connectivity index (χ0v) is 13.1. The second kappa shape index (κ2) is 5.94. The Labute approximate surface area is 131 Å². The Morgan fingerprint density at radius 1 is 1.26 bits per heavy atom. The molecule has 0 fully saturated rings. The minimum absolute atomic E-state index is 0.134. The van der Waals surface area contributed by atoms with E-state index in [0.29, 0.717) is 11.4 Å². The van der Waals surface area contributed by atoms with Crippen molar-refractivity contribution in [3.05, 3.63) is 40.8 Å². The minimum Gasteiger partial charge on any atom is -0.378 e. The highest BCUT2D eigenvalue weighted by molar-refractivity contribution is 6.06. The summed E-state index contributed by atoms with van der Waals surface area (Å²) in [6.45, 7) is 3.07. The first-order valence-electron chi connectivity index (χ1n) is 6.74. The van der Waals surface area contributed by atoms with Crippen LogP contribution >= 0.6 is 0 Å². The lowest BCUT2D eigenvalue weighted by molar-refractivity contribution is -0.136. The predicted molar refractivity (Wildman–Crippen MR) is 79.7 cm³/mol. The molecule has 23 heavy (non-hydrogen) atoms. The largest absolute Gasteiger partial charge is 0.418 e. The Kier molecular flexibility index (Phi) is 4.35. The number of alkyl halides is 3. The number of nitrogens with zero attached hydrogens (tertiary/aromatic N) is 2. The number of benzene rings is 1. The molecule has 5 nitrogen and oxygen atoms in total. The van der Waals surface area contributed by atoms with Crippen LogP contribution in [0.1, 0.15) is 27.4 Å². The summed E-state index contributed by atoms with van der Waals surface area (Å²) in [5, 5.41) is 5.91. The molecule has 0 saturated heterocycles. The molecule has 8 heteroatoms. The number of amides is 1. The first-order valence-corrected chi connectivity index (χ1v) is 6.74. The van der Waals surface area contributed by atoms with E-state index in [1.54, 1.807) is 25.9 Å². The van der Waals surface area contributed by atoms with E-state index in [-0.39, 0.29) is 17.0 Å². The minimum atomic E-state index is -4.59. The Morgan fingerprint density at radius 2 is 1.91 bits per heavy atom. The Balaban J connectivity index is 2.42. The van der Waals surface area contributed by atoms with Gasteiger partial charge in [-0.25, -0.2) is 0 Å². The normalized spacial score (nSPS) is 11.4. The molecule has 1 aromatic heterocycles. The molecule has 2 rings (SSSR count). The average Bonchev–Trinajstić information content (AvgIpc) is 2.77. The van der Waals surface area contributed by atoms with E-state index in [1.807, 2.05) is 0 Å². The summed E-state index contributed by atoms with van der Waals surface area (Å²) < 4.78 is 44.6. The van der Waals surface area contributed by atoms with E-state index >= 15 is 0 Å². The second-order valence-corrected chi connectivity index (χ2v) is 5.28. The van der Waals surface area contributed by atoms with Crippen LogP contribution < -0.4 is 10.2 Å². The fraction of sp³-hybridized carbons (Fsp3) is 0.333. The zero-order valence-electron chi connectivity index (χ0n) is 13.1. The van der Waals surface area contributed by atoms with Crippen LogP contribution in [0.5, 0.6) is 0 Å². The topological polar surface area (TPSA) is 58.4 Å². The van der Waals surface area contributed by atoms with Gasteiger partial charge in [-0.2, -0.15) is 13.2 Å². The number of hydrogen-bond acceptors (Lipinski definition) is 4. The maximum atomic E-state index is 13.2. The number of rotatable bonds is 3. The fourth-order valence-electron chi connectivity index (χ4n) is 2.15. The lowest BCUT2D eigenvalue weighted by Gasteiger charge is -2.18. The van der Waals surface area contributed by atoms with Crippen molar-refractivity contribution in [3.63, 3.8) is 0 Å². The fourth-order valence-corrected chi connectivity index (χ4v) is 2.15. The third-order valence-electron chi connectivity index (χ3n) is 3.33. The molecule has 2 aromatic rings. The van der Waals surface area contributed by atoms with Crippen molar-refractivity contribution in [1.29, 1.82) is 0 Å². The molecule has 0 aliphatic heterocycles. The second-order valence-electron chi connectivity index (χ2n) is 5.28. The molecule has 0 radical (unpaired) electrons. The Morgan fingerprint density at radius 3 is 2.39 bits per heavy atom. The summed E-state index contributed by atoms with van der Waals surface area (Å²) in [4.78, 5) is 13.8. The maximum Gasteiger partial charge on any atom is 0.418 e. The van der Waals surface area contributed by atoms with Gasteiger partial charge in [-0.1, -0.05) is 5.16 Å². The predicted octanol–water partition coefficient (Wildman–Crippen LogP) is 3.63. The molecule has 1 aromatic carbocycles. The number of anilines is 2. The highest BCUT2D eigenvalue weighted by Gasteiger charge is 2.35. The zero-order chi connectivity index (χ0) is 17.4. The molecule has 1 amide bonds. The molecule has 0 spiro atoms.